The Morgan fingerprint density at radius 1 is 0.605 bits per heavy atom. The second kappa shape index (κ2) is 10.7. The van der Waals surface area contributed by atoms with E-state index in [9.17, 15) is 21.6 Å². The van der Waals surface area contributed by atoms with E-state index >= 15 is 0 Å². The van der Waals surface area contributed by atoms with Gasteiger partial charge in [0.05, 0.1) is 21.2 Å². The highest BCUT2D eigenvalue weighted by Crippen LogP contribution is 2.24. The molecule has 0 saturated heterocycles. The number of hydrogen-bond donors (Lipinski definition) is 3. The summed E-state index contributed by atoms with van der Waals surface area (Å²) in [6, 6.07) is 23.9. The lowest BCUT2D eigenvalue weighted by Crippen LogP contribution is -2.16. The Labute approximate surface area is 222 Å². The van der Waals surface area contributed by atoms with Gasteiger partial charge in [0.2, 0.25) is 0 Å². The van der Waals surface area contributed by atoms with Crippen molar-refractivity contribution in [1.82, 2.24) is 0 Å². The van der Waals surface area contributed by atoms with E-state index in [1.54, 1.807) is 43.3 Å². The van der Waals surface area contributed by atoms with Crippen LogP contribution in [-0.2, 0) is 20.0 Å². The van der Waals surface area contributed by atoms with Gasteiger partial charge >= 0.3 is 0 Å². The fraction of sp³-hybridized carbons (Fsp3) is 0.107. The number of sulfonamides is 2. The molecule has 0 atom stereocenters. The second-order valence-electron chi connectivity index (χ2n) is 8.85. The molecule has 0 bridgehead atoms. The van der Waals surface area contributed by atoms with Gasteiger partial charge in [-0.15, -0.1) is 0 Å². The number of carbonyl (C=O) groups excluding carboxylic acids is 1. The third kappa shape index (κ3) is 6.21. The number of hydrogen-bond acceptors (Lipinski definition) is 5. The zero-order valence-corrected chi connectivity index (χ0v) is 22.7. The van der Waals surface area contributed by atoms with Crippen molar-refractivity contribution in [2.24, 2.45) is 0 Å². The van der Waals surface area contributed by atoms with Crippen LogP contribution in [0.2, 0.25) is 0 Å². The molecule has 0 heterocycles. The Bertz CT molecular complexity index is 1700. The van der Waals surface area contributed by atoms with Crippen molar-refractivity contribution < 1.29 is 21.6 Å². The summed E-state index contributed by atoms with van der Waals surface area (Å²) in [5, 5.41) is 2.71. The van der Waals surface area contributed by atoms with Crippen molar-refractivity contribution in [3.8, 4) is 0 Å². The fourth-order valence-corrected chi connectivity index (χ4v) is 5.91. The molecule has 0 radical (unpaired) electrons. The second-order valence-corrected chi connectivity index (χ2v) is 12.2. The molecule has 0 fully saturated rings. The van der Waals surface area contributed by atoms with Crippen molar-refractivity contribution in [3.63, 3.8) is 0 Å². The lowest BCUT2D eigenvalue weighted by Gasteiger charge is -2.13. The molecule has 0 aliphatic carbocycles. The molecule has 0 aromatic heterocycles. The molecule has 3 N–H and O–H groups in total. The maximum atomic E-state index is 12.9. The summed E-state index contributed by atoms with van der Waals surface area (Å²) in [6.07, 6.45) is 0. The van der Waals surface area contributed by atoms with Crippen LogP contribution < -0.4 is 14.8 Å². The highest BCUT2D eigenvalue weighted by Gasteiger charge is 2.18. The monoisotopic (exact) mass is 549 g/mol. The van der Waals surface area contributed by atoms with Crippen molar-refractivity contribution in [1.29, 1.82) is 0 Å². The van der Waals surface area contributed by atoms with Gasteiger partial charge in [-0.2, -0.15) is 0 Å². The average Bonchev–Trinajstić information content (AvgIpc) is 2.88. The van der Waals surface area contributed by atoms with E-state index in [0.29, 0.717) is 16.9 Å². The SMILES string of the molecule is Cc1ccc(C)c(NS(=O)(=O)c2ccc(NC(=O)c3ccc(C)c(NS(=O)(=O)c4ccccc4)c3)cc2)c1. The maximum absolute atomic E-state index is 12.9. The summed E-state index contributed by atoms with van der Waals surface area (Å²) in [7, 11) is -7.66. The third-order valence-corrected chi connectivity index (χ3v) is 8.62. The first-order valence-corrected chi connectivity index (χ1v) is 14.6. The van der Waals surface area contributed by atoms with E-state index in [-0.39, 0.29) is 21.0 Å². The predicted octanol–water partition coefficient (Wildman–Crippen LogP) is 5.47. The summed E-state index contributed by atoms with van der Waals surface area (Å²) in [5.41, 5.74) is 3.76. The molecule has 38 heavy (non-hydrogen) atoms. The van der Waals surface area contributed by atoms with Crippen LogP contribution in [0.25, 0.3) is 0 Å². The van der Waals surface area contributed by atoms with E-state index in [1.165, 1.54) is 42.5 Å². The van der Waals surface area contributed by atoms with Crippen LogP contribution >= 0.6 is 0 Å². The fourth-order valence-electron chi connectivity index (χ4n) is 3.65. The van der Waals surface area contributed by atoms with Gasteiger partial charge in [0.25, 0.3) is 26.0 Å². The van der Waals surface area contributed by atoms with Gasteiger partial charge in [-0.25, -0.2) is 16.8 Å². The van der Waals surface area contributed by atoms with Crippen molar-refractivity contribution >= 4 is 43.0 Å². The topological polar surface area (TPSA) is 121 Å². The normalized spacial score (nSPS) is 11.6. The van der Waals surface area contributed by atoms with E-state index in [4.69, 9.17) is 0 Å². The molecular weight excluding hydrogens is 522 g/mol. The number of benzene rings is 4. The van der Waals surface area contributed by atoms with Gasteiger partial charge in [-0.1, -0.05) is 36.4 Å². The summed E-state index contributed by atoms with van der Waals surface area (Å²) in [6.45, 7) is 5.43. The Kier molecular flexibility index (Phi) is 7.56. The minimum atomic E-state index is -3.83. The number of nitrogens with one attached hydrogen (secondary N) is 3. The lowest BCUT2D eigenvalue weighted by atomic mass is 10.1. The van der Waals surface area contributed by atoms with Crippen molar-refractivity contribution in [2.45, 2.75) is 30.6 Å². The summed E-state index contributed by atoms with van der Waals surface area (Å²) in [5.74, 6) is -0.478. The first-order valence-electron chi connectivity index (χ1n) is 11.6. The highest BCUT2D eigenvalue weighted by atomic mass is 32.2. The molecule has 4 aromatic rings. The van der Waals surface area contributed by atoms with Gasteiger partial charge in [-0.05, 0) is 92.1 Å². The van der Waals surface area contributed by atoms with Gasteiger partial charge in [0, 0.05) is 11.3 Å². The molecule has 4 aromatic carbocycles. The van der Waals surface area contributed by atoms with Crippen LogP contribution in [-0.4, -0.2) is 22.7 Å². The number of carbonyl (C=O) groups is 1. The summed E-state index contributed by atoms with van der Waals surface area (Å²) < 4.78 is 56.3. The molecule has 196 valence electrons. The Balaban J connectivity index is 1.49. The Morgan fingerprint density at radius 2 is 1.13 bits per heavy atom. The van der Waals surface area contributed by atoms with E-state index in [2.05, 4.69) is 14.8 Å². The third-order valence-electron chi connectivity index (χ3n) is 5.86. The molecule has 4 rings (SSSR count). The summed E-state index contributed by atoms with van der Waals surface area (Å²) >= 11 is 0. The highest BCUT2D eigenvalue weighted by molar-refractivity contribution is 7.93. The smallest absolute Gasteiger partial charge is 0.261 e. The molecule has 0 aliphatic rings. The number of rotatable bonds is 8. The van der Waals surface area contributed by atoms with Crippen LogP contribution in [0.1, 0.15) is 27.0 Å². The van der Waals surface area contributed by atoms with Gasteiger partial charge < -0.3 is 5.32 Å². The first kappa shape index (κ1) is 26.9. The quantitative estimate of drug-likeness (QED) is 0.269. The number of aryl methyl sites for hydroxylation is 3. The van der Waals surface area contributed by atoms with Crippen molar-refractivity contribution in [2.75, 3.05) is 14.8 Å². The molecule has 10 heteroatoms. The predicted molar refractivity (Wildman–Crippen MR) is 150 cm³/mol. The van der Waals surface area contributed by atoms with Crippen LogP contribution in [0.3, 0.4) is 0 Å². The van der Waals surface area contributed by atoms with E-state index in [1.807, 2.05) is 26.0 Å². The van der Waals surface area contributed by atoms with E-state index < -0.39 is 26.0 Å². The molecule has 1 amide bonds. The maximum Gasteiger partial charge on any atom is 0.261 e. The molecule has 0 aliphatic heterocycles. The molecular formula is C28H27N3O5S2. The number of amides is 1. The largest absolute Gasteiger partial charge is 0.322 e. The summed E-state index contributed by atoms with van der Waals surface area (Å²) in [4.78, 5) is 13.0. The Morgan fingerprint density at radius 3 is 1.74 bits per heavy atom. The van der Waals surface area contributed by atoms with Crippen LogP contribution in [0, 0.1) is 20.8 Å². The van der Waals surface area contributed by atoms with Gasteiger partial charge in [-0.3, -0.25) is 14.2 Å². The van der Waals surface area contributed by atoms with Crippen LogP contribution in [0.15, 0.2) is 101 Å². The Hall–Kier alpha value is -4.15. The van der Waals surface area contributed by atoms with E-state index in [0.717, 1.165) is 11.1 Å². The average molecular weight is 550 g/mol. The molecule has 0 unspecified atom stereocenters. The minimum Gasteiger partial charge on any atom is -0.322 e. The van der Waals surface area contributed by atoms with Crippen LogP contribution in [0.5, 0.6) is 0 Å². The molecule has 8 nitrogen and oxygen atoms in total. The lowest BCUT2D eigenvalue weighted by molar-refractivity contribution is 0.102. The first-order chi connectivity index (χ1) is 17.9. The van der Waals surface area contributed by atoms with Gasteiger partial charge in [0.1, 0.15) is 0 Å². The zero-order valence-electron chi connectivity index (χ0n) is 21.0. The molecule has 0 spiro atoms. The number of anilines is 3. The minimum absolute atomic E-state index is 0.0457. The molecule has 0 saturated carbocycles. The zero-order chi connectivity index (χ0) is 27.5. The van der Waals surface area contributed by atoms with Crippen molar-refractivity contribution in [3.05, 3.63) is 113 Å². The van der Waals surface area contributed by atoms with Gasteiger partial charge in [0.15, 0.2) is 0 Å². The van der Waals surface area contributed by atoms with Crippen LogP contribution in [0.4, 0.5) is 17.1 Å². The standard InChI is InChI=1S/C28H27N3O5S2/c1-19-9-10-20(2)26(17-19)30-38(35,36)25-15-13-23(14-16-25)29-28(32)22-12-11-21(3)27(18-22)31-37(33,34)24-7-5-4-6-8-24/h4-18,30-31H,1-3H3,(H,29,32).